The van der Waals surface area contributed by atoms with Crippen LogP contribution in [0.4, 0.5) is 4.39 Å². The molecule has 2 aromatic heterocycles. The normalized spacial score (nSPS) is 11.9. The van der Waals surface area contributed by atoms with E-state index in [9.17, 15) is 4.39 Å². The monoisotopic (exact) mass is 334 g/mol. The van der Waals surface area contributed by atoms with E-state index >= 15 is 0 Å². The summed E-state index contributed by atoms with van der Waals surface area (Å²) in [5.41, 5.74) is 2.32. The summed E-state index contributed by atoms with van der Waals surface area (Å²) in [7, 11) is 1.92. The molecular weight excluding hydrogens is 313 g/mol. The largest absolute Gasteiger partial charge is 0.335 e. The first-order valence-corrected chi connectivity index (χ1v) is 8.87. The first-order chi connectivity index (χ1) is 11.1. The van der Waals surface area contributed by atoms with E-state index in [1.54, 1.807) is 22.7 Å². The standard InChI is InChI=1S/C16H20FN5S/c1-4-22(5-2)8-9-23-16-18-15-14(19-20-16)12-10-11(17)6-7-13(12)21(15)3/h6-7,10H,4-5,8-9H2,1-3H3/p+1. The molecule has 5 nitrogen and oxygen atoms in total. The maximum Gasteiger partial charge on any atom is 0.211 e. The molecule has 0 saturated carbocycles. The summed E-state index contributed by atoms with van der Waals surface area (Å²) in [5.74, 6) is 0.690. The van der Waals surface area contributed by atoms with E-state index < -0.39 is 0 Å². The van der Waals surface area contributed by atoms with Crippen molar-refractivity contribution < 1.29 is 9.29 Å². The van der Waals surface area contributed by atoms with Gasteiger partial charge in [0.25, 0.3) is 0 Å². The van der Waals surface area contributed by atoms with Gasteiger partial charge in [-0.15, -0.1) is 10.2 Å². The fourth-order valence-corrected chi connectivity index (χ4v) is 3.59. The van der Waals surface area contributed by atoms with Crippen LogP contribution in [0, 0.1) is 5.82 Å². The van der Waals surface area contributed by atoms with Crippen LogP contribution in [-0.2, 0) is 7.05 Å². The van der Waals surface area contributed by atoms with Gasteiger partial charge in [0.1, 0.15) is 11.3 Å². The van der Waals surface area contributed by atoms with Crippen LogP contribution in [0.3, 0.4) is 0 Å². The number of quaternary nitrogens is 1. The van der Waals surface area contributed by atoms with Crippen molar-refractivity contribution in [3.05, 3.63) is 24.0 Å². The van der Waals surface area contributed by atoms with Crippen molar-refractivity contribution in [1.82, 2.24) is 19.7 Å². The number of halogens is 1. The average molecular weight is 334 g/mol. The number of rotatable bonds is 6. The molecule has 0 spiro atoms. The maximum absolute atomic E-state index is 13.5. The molecular formula is C16H21FN5S+. The molecule has 0 aliphatic heterocycles. The van der Waals surface area contributed by atoms with Crippen LogP contribution < -0.4 is 4.90 Å². The Hall–Kier alpha value is -1.73. The van der Waals surface area contributed by atoms with Crippen molar-refractivity contribution in [2.75, 3.05) is 25.4 Å². The van der Waals surface area contributed by atoms with Gasteiger partial charge in [0.05, 0.1) is 30.9 Å². The van der Waals surface area contributed by atoms with Gasteiger partial charge in [-0.1, -0.05) is 11.8 Å². The van der Waals surface area contributed by atoms with Crippen LogP contribution in [-0.4, -0.2) is 45.1 Å². The zero-order valence-corrected chi connectivity index (χ0v) is 14.5. The van der Waals surface area contributed by atoms with Gasteiger partial charge in [-0.05, 0) is 32.0 Å². The highest BCUT2D eigenvalue weighted by Gasteiger charge is 2.14. The van der Waals surface area contributed by atoms with Crippen LogP contribution in [0.1, 0.15) is 13.8 Å². The van der Waals surface area contributed by atoms with Crippen LogP contribution in [0.2, 0.25) is 0 Å². The maximum atomic E-state index is 13.5. The van der Waals surface area contributed by atoms with Crippen molar-refractivity contribution in [2.45, 2.75) is 19.0 Å². The predicted octanol–water partition coefficient (Wildman–Crippen LogP) is 1.67. The molecule has 0 bridgehead atoms. The summed E-state index contributed by atoms with van der Waals surface area (Å²) in [4.78, 5) is 6.17. The zero-order chi connectivity index (χ0) is 16.4. The summed E-state index contributed by atoms with van der Waals surface area (Å²) in [5, 5.41) is 9.92. The highest BCUT2D eigenvalue weighted by atomic mass is 32.2. The Balaban J connectivity index is 1.87. The molecule has 7 heteroatoms. The SMILES string of the molecule is CC[NH+](CC)CCSc1nnc2c3cc(F)ccc3n(C)c2n1. The average Bonchev–Trinajstić information content (AvgIpc) is 2.84. The number of nitrogens with one attached hydrogen (secondary N) is 1. The lowest BCUT2D eigenvalue weighted by Crippen LogP contribution is -3.11. The fourth-order valence-electron chi connectivity index (χ4n) is 2.77. The first kappa shape index (κ1) is 16.1. The first-order valence-electron chi connectivity index (χ1n) is 7.88. The van der Waals surface area contributed by atoms with Crippen LogP contribution in [0.5, 0.6) is 0 Å². The molecule has 23 heavy (non-hydrogen) atoms. The zero-order valence-electron chi connectivity index (χ0n) is 13.6. The number of hydrogen-bond donors (Lipinski definition) is 1. The fraction of sp³-hybridized carbons (Fsp3) is 0.438. The minimum atomic E-state index is -0.271. The number of aryl methyl sites for hydroxylation is 1. The second-order valence-corrected chi connectivity index (χ2v) is 6.60. The highest BCUT2D eigenvalue weighted by molar-refractivity contribution is 7.99. The van der Waals surface area contributed by atoms with Gasteiger partial charge >= 0.3 is 0 Å². The number of thioether (sulfide) groups is 1. The van der Waals surface area contributed by atoms with Crippen molar-refractivity contribution in [3.63, 3.8) is 0 Å². The lowest BCUT2D eigenvalue weighted by molar-refractivity contribution is -0.893. The molecule has 2 heterocycles. The summed E-state index contributed by atoms with van der Waals surface area (Å²) >= 11 is 1.62. The van der Waals surface area contributed by atoms with Crippen molar-refractivity contribution >= 4 is 33.8 Å². The molecule has 0 aliphatic carbocycles. The van der Waals surface area contributed by atoms with E-state index in [1.165, 1.54) is 12.1 Å². The summed E-state index contributed by atoms with van der Waals surface area (Å²) in [6.45, 7) is 7.73. The Kier molecular flexibility index (Phi) is 4.77. The summed E-state index contributed by atoms with van der Waals surface area (Å²) < 4.78 is 15.4. The number of fused-ring (bicyclic) bond motifs is 3. The number of hydrogen-bond acceptors (Lipinski definition) is 4. The van der Waals surface area contributed by atoms with E-state index in [-0.39, 0.29) is 5.82 Å². The topological polar surface area (TPSA) is 48.0 Å². The second kappa shape index (κ2) is 6.80. The Bertz CT molecular complexity index is 828. The van der Waals surface area contributed by atoms with Crippen LogP contribution in [0.25, 0.3) is 22.1 Å². The molecule has 3 rings (SSSR count). The Morgan fingerprint density at radius 3 is 2.74 bits per heavy atom. The van der Waals surface area contributed by atoms with E-state index in [4.69, 9.17) is 0 Å². The highest BCUT2D eigenvalue weighted by Crippen LogP contribution is 2.26. The third-order valence-corrected chi connectivity index (χ3v) is 5.07. The van der Waals surface area contributed by atoms with Crippen LogP contribution in [0.15, 0.2) is 23.4 Å². The van der Waals surface area contributed by atoms with E-state index in [1.807, 2.05) is 11.6 Å². The van der Waals surface area contributed by atoms with Gasteiger partial charge in [-0.25, -0.2) is 9.37 Å². The molecule has 1 N–H and O–H groups in total. The van der Waals surface area contributed by atoms with E-state index in [0.29, 0.717) is 10.7 Å². The number of benzene rings is 1. The van der Waals surface area contributed by atoms with Gasteiger partial charge in [0.2, 0.25) is 5.16 Å². The van der Waals surface area contributed by atoms with E-state index in [0.717, 1.165) is 41.9 Å². The minimum Gasteiger partial charge on any atom is -0.335 e. The summed E-state index contributed by atoms with van der Waals surface area (Å²) in [6, 6.07) is 4.70. The Morgan fingerprint density at radius 2 is 2.00 bits per heavy atom. The lowest BCUT2D eigenvalue weighted by Gasteiger charge is -2.14. The van der Waals surface area contributed by atoms with E-state index in [2.05, 4.69) is 29.0 Å². The molecule has 3 aromatic rings. The third-order valence-electron chi connectivity index (χ3n) is 4.23. The van der Waals surface area contributed by atoms with Gasteiger partial charge in [-0.3, -0.25) is 0 Å². The van der Waals surface area contributed by atoms with Gasteiger partial charge in [-0.2, -0.15) is 0 Å². The molecule has 0 unspecified atom stereocenters. The van der Waals surface area contributed by atoms with Crippen molar-refractivity contribution in [3.8, 4) is 0 Å². The Morgan fingerprint density at radius 1 is 1.22 bits per heavy atom. The number of aromatic nitrogens is 4. The molecule has 0 fully saturated rings. The lowest BCUT2D eigenvalue weighted by atomic mass is 10.2. The Labute approximate surface area is 138 Å². The molecule has 0 saturated heterocycles. The number of nitrogens with zero attached hydrogens (tertiary/aromatic N) is 4. The molecule has 0 amide bonds. The molecule has 0 atom stereocenters. The minimum absolute atomic E-state index is 0.271. The van der Waals surface area contributed by atoms with Crippen molar-refractivity contribution in [2.24, 2.45) is 7.05 Å². The third kappa shape index (κ3) is 3.16. The molecule has 1 aromatic carbocycles. The molecule has 122 valence electrons. The quantitative estimate of drug-likeness (QED) is 0.697. The predicted molar refractivity (Wildman–Crippen MR) is 91.4 cm³/mol. The van der Waals surface area contributed by atoms with Gasteiger partial charge in [0.15, 0.2) is 5.65 Å². The second-order valence-electron chi connectivity index (χ2n) is 5.54. The van der Waals surface area contributed by atoms with Crippen LogP contribution >= 0.6 is 11.8 Å². The van der Waals surface area contributed by atoms with Gasteiger partial charge < -0.3 is 9.47 Å². The van der Waals surface area contributed by atoms with Gasteiger partial charge in [0, 0.05) is 12.4 Å². The summed E-state index contributed by atoms with van der Waals surface area (Å²) in [6.07, 6.45) is 0. The molecule has 0 radical (unpaired) electrons. The smallest absolute Gasteiger partial charge is 0.211 e. The van der Waals surface area contributed by atoms with Crippen molar-refractivity contribution in [1.29, 1.82) is 0 Å². The molecule has 0 aliphatic rings.